The molecular formula is C20H22N4O3. The van der Waals surface area contributed by atoms with Crippen molar-refractivity contribution in [3.63, 3.8) is 0 Å². The van der Waals surface area contributed by atoms with Crippen LogP contribution in [0.3, 0.4) is 0 Å². The van der Waals surface area contributed by atoms with E-state index >= 15 is 0 Å². The Kier molecular flexibility index (Phi) is 6.17. The zero-order valence-electron chi connectivity index (χ0n) is 15.4. The molecule has 1 amide bonds. The minimum absolute atomic E-state index is 0.234. The number of nitrogens with zero attached hydrogens (tertiary/aromatic N) is 3. The maximum Gasteiger partial charge on any atom is 0.273 e. The van der Waals surface area contributed by atoms with Crippen LogP contribution in [-0.4, -0.2) is 48.2 Å². The summed E-state index contributed by atoms with van der Waals surface area (Å²) in [7, 11) is 4.01. The number of likely N-dealkylation sites (N-methyl/N-ethyl adjacent to an activating group) is 1. The lowest BCUT2D eigenvalue weighted by Crippen LogP contribution is -2.23. The lowest BCUT2D eigenvalue weighted by atomic mass is 10.2. The summed E-state index contributed by atoms with van der Waals surface area (Å²) < 4.78 is 10.9. The van der Waals surface area contributed by atoms with E-state index < -0.39 is 0 Å². The van der Waals surface area contributed by atoms with Gasteiger partial charge in [-0.3, -0.25) is 9.78 Å². The van der Waals surface area contributed by atoms with Gasteiger partial charge in [0.05, 0.1) is 0 Å². The number of rotatable bonds is 8. The Balaban J connectivity index is 1.51. The monoisotopic (exact) mass is 366 g/mol. The lowest BCUT2D eigenvalue weighted by Gasteiger charge is -2.11. The summed E-state index contributed by atoms with van der Waals surface area (Å²) in [5.74, 6) is 1.03. The maximum absolute atomic E-state index is 12.3. The zero-order chi connectivity index (χ0) is 19.1. The molecular weight excluding hydrogens is 344 g/mol. The van der Waals surface area contributed by atoms with Gasteiger partial charge in [-0.15, -0.1) is 0 Å². The molecule has 0 spiro atoms. The van der Waals surface area contributed by atoms with Gasteiger partial charge in [0.2, 0.25) is 0 Å². The second kappa shape index (κ2) is 8.95. The van der Waals surface area contributed by atoms with Crippen LogP contribution in [-0.2, 0) is 6.54 Å². The Hall–Kier alpha value is -3.19. The van der Waals surface area contributed by atoms with Crippen LogP contribution in [0, 0.1) is 0 Å². The lowest BCUT2D eigenvalue weighted by molar-refractivity contribution is 0.0942. The number of benzene rings is 1. The Labute approximate surface area is 158 Å². The molecule has 140 valence electrons. The van der Waals surface area contributed by atoms with Crippen molar-refractivity contribution >= 4 is 5.91 Å². The molecule has 3 rings (SSSR count). The second-order valence-corrected chi connectivity index (χ2v) is 6.30. The topological polar surface area (TPSA) is 80.5 Å². The molecule has 3 aromatic rings. The molecule has 1 aromatic carbocycles. The van der Waals surface area contributed by atoms with E-state index in [1.165, 1.54) is 0 Å². The molecule has 0 unspecified atom stereocenters. The summed E-state index contributed by atoms with van der Waals surface area (Å²) >= 11 is 0. The average molecular weight is 366 g/mol. The van der Waals surface area contributed by atoms with Crippen molar-refractivity contribution < 1.29 is 14.1 Å². The van der Waals surface area contributed by atoms with Crippen molar-refractivity contribution in [2.24, 2.45) is 0 Å². The summed E-state index contributed by atoms with van der Waals surface area (Å²) in [6, 6.07) is 12.9. The standard InChI is InChI=1S/C20H22N4O3/c1-24(2)10-11-26-17-7-5-15(6-8-17)13-22-20(25)18-12-19(27-23-18)16-4-3-9-21-14-16/h3-9,12,14H,10-11,13H2,1-2H3,(H,22,25). The molecule has 0 saturated heterocycles. The van der Waals surface area contributed by atoms with Gasteiger partial charge in [0.15, 0.2) is 11.5 Å². The second-order valence-electron chi connectivity index (χ2n) is 6.30. The SMILES string of the molecule is CN(C)CCOc1ccc(CNC(=O)c2cc(-c3cccnc3)on2)cc1. The third-order valence-electron chi connectivity index (χ3n) is 3.87. The maximum atomic E-state index is 12.3. The van der Waals surface area contributed by atoms with Gasteiger partial charge in [-0.2, -0.15) is 0 Å². The van der Waals surface area contributed by atoms with E-state index in [1.54, 1.807) is 24.5 Å². The van der Waals surface area contributed by atoms with Crippen LogP contribution in [0.2, 0.25) is 0 Å². The molecule has 1 N–H and O–H groups in total. The van der Waals surface area contributed by atoms with Crippen LogP contribution in [0.25, 0.3) is 11.3 Å². The smallest absolute Gasteiger partial charge is 0.273 e. The first-order valence-electron chi connectivity index (χ1n) is 8.63. The molecule has 7 heteroatoms. The highest BCUT2D eigenvalue weighted by molar-refractivity contribution is 5.93. The molecule has 7 nitrogen and oxygen atoms in total. The van der Waals surface area contributed by atoms with Crippen molar-refractivity contribution in [2.75, 3.05) is 27.2 Å². The molecule has 0 atom stereocenters. The van der Waals surface area contributed by atoms with Crippen LogP contribution in [0.1, 0.15) is 16.1 Å². The third-order valence-corrected chi connectivity index (χ3v) is 3.87. The van der Waals surface area contributed by atoms with Gasteiger partial charge in [-0.25, -0.2) is 0 Å². The molecule has 27 heavy (non-hydrogen) atoms. The summed E-state index contributed by atoms with van der Waals surface area (Å²) in [6.45, 7) is 1.89. The van der Waals surface area contributed by atoms with Gasteiger partial charge in [0, 0.05) is 37.1 Å². The van der Waals surface area contributed by atoms with Gasteiger partial charge in [-0.1, -0.05) is 17.3 Å². The minimum atomic E-state index is -0.291. The number of hydrogen-bond acceptors (Lipinski definition) is 6. The zero-order valence-corrected chi connectivity index (χ0v) is 15.4. The largest absolute Gasteiger partial charge is 0.492 e. The number of ether oxygens (including phenoxy) is 1. The highest BCUT2D eigenvalue weighted by atomic mass is 16.5. The molecule has 0 aliphatic rings. The summed E-state index contributed by atoms with van der Waals surface area (Å²) in [6.07, 6.45) is 3.33. The molecule has 0 saturated carbocycles. The number of carbonyl (C=O) groups excluding carboxylic acids is 1. The number of aromatic nitrogens is 2. The van der Waals surface area contributed by atoms with E-state index in [4.69, 9.17) is 9.26 Å². The molecule has 0 bridgehead atoms. The fourth-order valence-corrected chi connectivity index (χ4v) is 2.35. The van der Waals surface area contributed by atoms with Gasteiger partial charge in [0.1, 0.15) is 12.4 Å². The van der Waals surface area contributed by atoms with Crippen molar-refractivity contribution in [3.05, 3.63) is 66.1 Å². The van der Waals surface area contributed by atoms with Gasteiger partial charge in [0.25, 0.3) is 5.91 Å². The summed E-state index contributed by atoms with van der Waals surface area (Å²) in [5, 5.41) is 6.66. The van der Waals surface area contributed by atoms with Gasteiger partial charge in [-0.05, 0) is 43.9 Å². The third kappa shape index (κ3) is 5.39. The number of amides is 1. The highest BCUT2D eigenvalue weighted by Crippen LogP contribution is 2.19. The van der Waals surface area contributed by atoms with Crippen LogP contribution in [0.4, 0.5) is 0 Å². The normalized spacial score (nSPS) is 10.8. The van der Waals surface area contributed by atoms with Crippen molar-refractivity contribution in [3.8, 4) is 17.1 Å². The molecule has 0 aliphatic heterocycles. The molecule has 0 aliphatic carbocycles. The van der Waals surface area contributed by atoms with Crippen LogP contribution >= 0.6 is 0 Å². The van der Waals surface area contributed by atoms with E-state index in [1.807, 2.05) is 44.4 Å². The van der Waals surface area contributed by atoms with E-state index in [9.17, 15) is 4.79 Å². The van der Waals surface area contributed by atoms with E-state index in [0.717, 1.165) is 23.4 Å². The Morgan fingerprint density at radius 1 is 1.22 bits per heavy atom. The van der Waals surface area contributed by atoms with Gasteiger partial charge < -0.3 is 19.5 Å². The number of nitrogens with one attached hydrogen (secondary N) is 1. The van der Waals surface area contributed by atoms with Crippen molar-refractivity contribution in [1.29, 1.82) is 0 Å². The molecule has 0 radical (unpaired) electrons. The minimum Gasteiger partial charge on any atom is -0.492 e. The Morgan fingerprint density at radius 3 is 2.74 bits per heavy atom. The van der Waals surface area contributed by atoms with Crippen molar-refractivity contribution in [2.45, 2.75) is 6.54 Å². The van der Waals surface area contributed by atoms with E-state index in [0.29, 0.717) is 18.9 Å². The summed E-state index contributed by atoms with van der Waals surface area (Å²) in [5.41, 5.74) is 1.98. The number of carbonyl (C=O) groups is 1. The predicted octanol–water partition coefficient (Wildman–Crippen LogP) is 2.61. The Morgan fingerprint density at radius 2 is 2.04 bits per heavy atom. The Bertz CT molecular complexity index is 860. The average Bonchev–Trinajstić information content (AvgIpc) is 3.18. The number of pyridine rings is 1. The van der Waals surface area contributed by atoms with Crippen molar-refractivity contribution in [1.82, 2.24) is 20.4 Å². The predicted molar refractivity (Wildman–Crippen MR) is 101 cm³/mol. The fraction of sp³-hybridized carbons (Fsp3) is 0.250. The highest BCUT2D eigenvalue weighted by Gasteiger charge is 2.13. The molecule has 0 fully saturated rings. The van der Waals surface area contributed by atoms with Crippen LogP contribution in [0.5, 0.6) is 5.75 Å². The molecule has 2 heterocycles. The quantitative estimate of drug-likeness (QED) is 0.660. The van der Waals surface area contributed by atoms with Gasteiger partial charge >= 0.3 is 0 Å². The van der Waals surface area contributed by atoms with Crippen LogP contribution in [0.15, 0.2) is 59.4 Å². The molecule has 2 aromatic heterocycles. The summed E-state index contributed by atoms with van der Waals surface area (Å²) in [4.78, 5) is 18.3. The first-order chi connectivity index (χ1) is 13.1. The fourth-order valence-electron chi connectivity index (χ4n) is 2.35. The van der Waals surface area contributed by atoms with E-state index in [2.05, 4.69) is 20.4 Å². The first kappa shape index (κ1) is 18.6. The van der Waals surface area contributed by atoms with Crippen LogP contribution < -0.4 is 10.1 Å². The number of hydrogen-bond donors (Lipinski definition) is 1. The first-order valence-corrected chi connectivity index (χ1v) is 8.63. The van der Waals surface area contributed by atoms with E-state index in [-0.39, 0.29) is 11.6 Å².